The van der Waals surface area contributed by atoms with Crippen LogP contribution in [0.25, 0.3) is 11.3 Å². The Morgan fingerprint density at radius 2 is 2.06 bits per heavy atom. The third kappa shape index (κ3) is 3.69. The van der Waals surface area contributed by atoms with Gasteiger partial charge in [-0.15, -0.1) is 11.3 Å². The summed E-state index contributed by atoms with van der Waals surface area (Å²) in [4.78, 5) is 46.1. The SMILES string of the molecule is Cc1nc(-c2ccc3c(c2)CCN3C(=O)CN2C(=O)NC(C)(c3cccc(Cl)c3)C2=O)cs1. The van der Waals surface area contributed by atoms with E-state index in [1.54, 1.807) is 47.4 Å². The van der Waals surface area contributed by atoms with Gasteiger partial charge in [-0.05, 0) is 55.7 Å². The van der Waals surface area contributed by atoms with E-state index in [0.717, 1.165) is 32.4 Å². The number of benzene rings is 2. The highest BCUT2D eigenvalue weighted by Crippen LogP contribution is 2.34. The van der Waals surface area contributed by atoms with Gasteiger partial charge in [-0.25, -0.2) is 9.78 Å². The number of hydrogen-bond donors (Lipinski definition) is 1. The largest absolute Gasteiger partial charge is 0.325 e. The molecular weight excluding hydrogens is 460 g/mol. The number of halogens is 1. The van der Waals surface area contributed by atoms with E-state index in [1.807, 2.05) is 24.4 Å². The average molecular weight is 481 g/mol. The number of aryl methyl sites for hydroxylation is 1. The molecule has 0 spiro atoms. The maximum absolute atomic E-state index is 13.2. The van der Waals surface area contributed by atoms with E-state index in [9.17, 15) is 14.4 Å². The second kappa shape index (κ2) is 7.97. The van der Waals surface area contributed by atoms with Gasteiger partial charge in [-0.1, -0.05) is 29.8 Å². The molecular formula is C24H21ClN4O3S. The first-order valence-electron chi connectivity index (χ1n) is 10.5. The number of amides is 4. The summed E-state index contributed by atoms with van der Waals surface area (Å²) in [5, 5.41) is 6.20. The van der Waals surface area contributed by atoms with Crippen LogP contribution in [0.2, 0.25) is 5.02 Å². The molecule has 1 aromatic heterocycles. The highest BCUT2D eigenvalue weighted by molar-refractivity contribution is 7.09. The molecule has 33 heavy (non-hydrogen) atoms. The van der Waals surface area contributed by atoms with Crippen molar-refractivity contribution in [3.8, 4) is 11.3 Å². The summed E-state index contributed by atoms with van der Waals surface area (Å²) in [6.07, 6.45) is 0.707. The molecule has 2 aliphatic heterocycles. The van der Waals surface area contributed by atoms with Gasteiger partial charge in [-0.2, -0.15) is 0 Å². The lowest BCUT2D eigenvalue weighted by atomic mass is 9.92. The third-order valence-corrected chi connectivity index (χ3v) is 7.17. The number of anilines is 1. The van der Waals surface area contributed by atoms with Gasteiger partial charge in [-0.3, -0.25) is 14.5 Å². The lowest BCUT2D eigenvalue weighted by molar-refractivity contribution is -0.134. The molecule has 1 N–H and O–H groups in total. The summed E-state index contributed by atoms with van der Waals surface area (Å²) in [7, 11) is 0. The fourth-order valence-electron chi connectivity index (χ4n) is 4.37. The van der Waals surface area contributed by atoms with Crippen molar-refractivity contribution in [3.05, 3.63) is 69.0 Å². The van der Waals surface area contributed by atoms with E-state index in [2.05, 4.69) is 16.4 Å². The molecule has 7 nitrogen and oxygen atoms in total. The Labute approximate surface area is 200 Å². The van der Waals surface area contributed by atoms with Crippen molar-refractivity contribution in [2.75, 3.05) is 18.0 Å². The van der Waals surface area contributed by atoms with E-state index in [1.165, 1.54) is 0 Å². The molecule has 0 radical (unpaired) electrons. The predicted octanol–water partition coefficient (Wildman–Crippen LogP) is 4.13. The van der Waals surface area contributed by atoms with E-state index < -0.39 is 17.5 Å². The summed E-state index contributed by atoms with van der Waals surface area (Å²) < 4.78 is 0. The van der Waals surface area contributed by atoms with Crippen molar-refractivity contribution < 1.29 is 14.4 Å². The van der Waals surface area contributed by atoms with Crippen molar-refractivity contribution in [2.24, 2.45) is 0 Å². The number of carbonyl (C=O) groups excluding carboxylic acids is 3. The topological polar surface area (TPSA) is 82.6 Å². The molecule has 2 aromatic carbocycles. The lowest BCUT2D eigenvalue weighted by Crippen LogP contribution is -2.44. The molecule has 2 aliphatic rings. The fourth-order valence-corrected chi connectivity index (χ4v) is 5.18. The minimum absolute atomic E-state index is 0.301. The quantitative estimate of drug-likeness (QED) is 0.569. The molecule has 3 aromatic rings. The van der Waals surface area contributed by atoms with Gasteiger partial charge in [0.05, 0.1) is 10.7 Å². The first-order valence-corrected chi connectivity index (χ1v) is 11.8. The maximum Gasteiger partial charge on any atom is 0.325 e. The molecule has 168 valence electrons. The number of hydrogen-bond acceptors (Lipinski definition) is 5. The van der Waals surface area contributed by atoms with Crippen LogP contribution in [0.5, 0.6) is 0 Å². The first kappa shape index (κ1) is 21.6. The van der Waals surface area contributed by atoms with Crippen molar-refractivity contribution in [1.29, 1.82) is 0 Å². The van der Waals surface area contributed by atoms with E-state index in [4.69, 9.17) is 11.6 Å². The van der Waals surface area contributed by atoms with Crippen LogP contribution in [0.4, 0.5) is 10.5 Å². The van der Waals surface area contributed by atoms with Gasteiger partial charge in [0.15, 0.2) is 0 Å². The summed E-state index contributed by atoms with van der Waals surface area (Å²) in [6, 6.07) is 12.1. The van der Waals surface area contributed by atoms with Crippen LogP contribution in [-0.2, 0) is 21.5 Å². The molecule has 1 fully saturated rings. The summed E-state index contributed by atoms with van der Waals surface area (Å²) in [5.74, 6) is -0.776. The molecule has 1 atom stereocenters. The van der Waals surface area contributed by atoms with Crippen LogP contribution in [0.15, 0.2) is 47.8 Å². The van der Waals surface area contributed by atoms with Crippen LogP contribution in [0.3, 0.4) is 0 Å². The van der Waals surface area contributed by atoms with Gasteiger partial charge >= 0.3 is 6.03 Å². The second-order valence-corrected chi connectivity index (χ2v) is 9.85. The summed E-state index contributed by atoms with van der Waals surface area (Å²) in [5.41, 5.74) is 3.09. The van der Waals surface area contributed by atoms with Crippen molar-refractivity contribution in [2.45, 2.75) is 25.8 Å². The van der Waals surface area contributed by atoms with Crippen LogP contribution in [0, 0.1) is 6.92 Å². The Balaban J connectivity index is 1.35. The zero-order chi connectivity index (χ0) is 23.3. The first-order chi connectivity index (χ1) is 15.8. The molecule has 1 saturated heterocycles. The molecule has 0 aliphatic carbocycles. The number of urea groups is 1. The molecule has 9 heteroatoms. The van der Waals surface area contributed by atoms with Crippen LogP contribution in [-0.4, -0.2) is 40.8 Å². The van der Waals surface area contributed by atoms with Crippen molar-refractivity contribution >= 4 is 46.5 Å². The number of fused-ring (bicyclic) bond motifs is 1. The number of rotatable bonds is 4. The number of aromatic nitrogens is 1. The standard InChI is InChI=1S/C24H21ClN4O3S/c1-14-26-19(13-33-14)15-6-7-20-16(10-15)8-9-28(20)21(30)12-29-22(31)24(2,27-23(29)32)17-4-3-5-18(25)11-17/h3-7,10-11,13H,8-9,12H2,1-2H3,(H,27,32). The van der Waals surface area contributed by atoms with Gasteiger partial charge in [0.2, 0.25) is 5.91 Å². The fraction of sp³-hybridized carbons (Fsp3) is 0.250. The molecule has 0 bridgehead atoms. The summed E-state index contributed by atoms with van der Waals surface area (Å²) >= 11 is 7.67. The van der Waals surface area contributed by atoms with Crippen LogP contribution >= 0.6 is 22.9 Å². The Morgan fingerprint density at radius 3 is 2.79 bits per heavy atom. The number of nitrogens with one attached hydrogen (secondary N) is 1. The average Bonchev–Trinajstić information content (AvgIpc) is 3.47. The number of thiazole rings is 1. The molecule has 1 unspecified atom stereocenters. The maximum atomic E-state index is 13.2. The highest BCUT2D eigenvalue weighted by Gasteiger charge is 2.50. The van der Waals surface area contributed by atoms with Crippen molar-refractivity contribution in [1.82, 2.24) is 15.2 Å². The third-order valence-electron chi connectivity index (χ3n) is 6.16. The normalized spacial score (nSPS) is 19.7. The lowest BCUT2D eigenvalue weighted by Gasteiger charge is -2.23. The Kier molecular flexibility index (Phi) is 5.22. The Bertz CT molecular complexity index is 1310. The zero-order valence-electron chi connectivity index (χ0n) is 18.1. The minimum atomic E-state index is -1.27. The second-order valence-electron chi connectivity index (χ2n) is 8.35. The number of carbonyl (C=O) groups is 3. The number of imide groups is 1. The van der Waals surface area contributed by atoms with Gasteiger partial charge in [0.25, 0.3) is 5.91 Å². The van der Waals surface area contributed by atoms with E-state index in [0.29, 0.717) is 23.6 Å². The highest BCUT2D eigenvalue weighted by atomic mass is 35.5. The summed E-state index contributed by atoms with van der Waals surface area (Å²) in [6.45, 7) is 3.77. The number of nitrogens with zero attached hydrogens (tertiary/aromatic N) is 3. The molecule has 5 rings (SSSR count). The minimum Gasteiger partial charge on any atom is -0.319 e. The van der Waals surface area contributed by atoms with Gasteiger partial charge in [0.1, 0.15) is 12.1 Å². The van der Waals surface area contributed by atoms with E-state index >= 15 is 0 Å². The predicted molar refractivity (Wildman–Crippen MR) is 127 cm³/mol. The van der Waals surface area contributed by atoms with E-state index in [-0.39, 0.29) is 12.5 Å². The van der Waals surface area contributed by atoms with Crippen LogP contribution in [0.1, 0.15) is 23.1 Å². The smallest absolute Gasteiger partial charge is 0.319 e. The molecule has 0 saturated carbocycles. The Morgan fingerprint density at radius 1 is 1.24 bits per heavy atom. The van der Waals surface area contributed by atoms with Crippen molar-refractivity contribution in [3.63, 3.8) is 0 Å². The monoisotopic (exact) mass is 480 g/mol. The van der Waals surface area contributed by atoms with Crippen LogP contribution < -0.4 is 10.2 Å². The molecule has 3 heterocycles. The van der Waals surface area contributed by atoms with Gasteiger partial charge in [0, 0.05) is 28.2 Å². The molecule has 4 amide bonds. The zero-order valence-corrected chi connectivity index (χ0v) is 19.7. The van der Waals surface area contributed by atoms with Gasteiger partial charge < -0.3 is 10.2 Å². The Hall–Kier alpha value is -3.23.